The zero-order chi connectivity index (χ0) is 20.4. The van der Waals surface area contributed by atoms with Crippen molar-refractivity contribution in [3.8, 4) is 5.75 Å². The molecule has 0 saturated carbocycles. The van der Waals surface area contributed by atoms with Crippen molar-refractivity contribution in [3.05, 3.63) is 95.5 Å². The number of hydrogen-bond acceptors (Lipinski definition) is 5. The van der Waals surface area contributed by atoms with Crippen molar-refractivity contribution < 1.29 is 23.8 Å². The number of hydrogen-bond donors (Lipinski definition) is 1. The maximum Gasteiger partial charge on any atom is 0.296 e. The Labute approximate surface area is 167 Å². The summed E-state index contributed by atoms with van der Waals surface area (Å²) < 4.78 is 10.7. The van der Waals surface area contributed by atoms with E-state index in [0.29, 0.717) is 22.6 Å². The van der Waals surface area contributed by atoms with Crippen LogP contribution in [0.15, 0.2) is 83.0 Å². The number of likely N-dealkylation sites (tertiary alicyclic amines) is 1. The Kier molecular flexibility index (Phi) is 4.91. The third-order valence-corrected chi connectivity index (χ3v) is 4.90. The lowest BCUT2D eigenvalue weighted by Crippen LogP contribution is -2.29. The van der Waals surface area contributed by atoms with Gasteiger partial charge < -0.3 is 19.2 Å². The molecule has 4 rings (SSSR count). The Morgan fingerprint density at radius 3 is 2.55 bits per heavy atom. The number of nitrogens with zero attached hydrogens (tertiary/aromatic N) is 1. The SMILES string of the molecule is COc1cccc(C2C(=C(O)c3ccccc3)C(=O)C(=O)N2Cc2ccco2)c1. The smallest absolute Gasteiger partial charge is 0.296 e. The molecular formula is C23H19NO5. The minimum atomic E-state index is -0.768. The van der Waals surface area contributed by atoms with Crippen molar-refractivity contribution in [2.75, 3.05) is 7.11 Å². The van der Waals surface area contributed by atoms with E-state index < -0.39 is 17.7 Å². The number of aliphatic hydroxyl groups excluding tert-OH is 1. The summed E-state index contributed by atoms with van der Waals surface area (Å²) >= 11 is 0. The maximum absolute atomic E-state index is 12.9. The number of methoxy groups -OCH3 is 1. The molecule has 0 aliphatic carbocycles. The Morgan fingerprint density at radius 1 is 1.07 bits per heavy atom. The van der Waals surface area contributed by atoms with E-state index in [2.05, 4.69) is 0 Å². The van der Waals surface area contributed by atoms with Gasteiger partial charge in [0, 0.05) is 5.56 Å². The van der Waals surface area contributed by atoms with Gasteiger partial charge in [-0.05, 0) is 29.8 Å². The van der Waals surface area contributed by atoms with Gasteiger partial charge in [-0.1, -0.05) is 42.5 Å². The summed E-state index contributed by atoms with van der Waals surface area (Å²) in [6.07, 6.45) is 1.51. The van der Waals surface area contributed by atoms with Crippen LogP contribution < -0.4 is 4.74 Å². The third kappa shape index (κ3) is 3.40. The fourth-order valence-corrected chi connectivity index (χ4v) is 3.52. The lowest BCUT2D eigenvalue weighted by atomic mass is 9.95. The molecule has 0 spiro atoms. The molecule has 6 heteroatoms. The highest BCUT2D eigenvalue weighted by atomic mass is 16.5. The Bertz CT molecular complexity index is 1070. The van der Waals surface area contributed by atoms with E-state index in [4.69, 9.17) is 9.15 Å². The molecule has 29 heavy (non-hydrogen) atoms. The summed E-state index contributed by atoms with van der Waals surface area (Å²) in [6, 6.07) is 18.5. The van der Waals surface area contributed by atoms with Gasteiger partial charge >= 0.3 is 0 Å². The number of furan rings is 1. The summed E-state index contributed by atoms with van der Waals surface area (Å²) in [5.41, 5.74) is 1.17. The van der Waals surface area contributed by atoms with E-state index in [1.807, 2.05) is 6.07 Å². The monoisotopic (exact) mass is 389 g/mol. The van der Waals surface area contributed by atoms with Crippen LogP contribution in [-0.2, 0) is 16.1 Å². The zero-order valence-corrected chi connectivity index (χ0v) is 15.7. The molecule has 1 unspecified atom stereocenters. The fourth-order valence-electron chi connectivity index (χ4n) is 3.52. The van der Waals surface area contributed by atoms with Crippen molar-refractivity contribution in [2.24, 2.45) is 0 Å². The third-order valence-electron chi connectivity index (χ3n) is 4.90. The summed E-state index contributed by atoms with van der Waals surface area (Å²) in [5, 5.41) is 10.9. The summed E-state index contributed by atoms with van der Waals surface area (Å²) in [7, 11) is 1.54. The molecule has 1 aliphatic heterocycles. The number of amides is 1. The predicted molar refractivity (Wildman–Crippen MR) is 106 cm³/mol. The van der Waals surface area contributed by atoms with Crippen LogP contribution in [-0.4, -0.2) is 28.8 Å². The highest BCUT2D eigenvalue weighted by Crippen LogP contribution is 2.41. The van der Waals surface area contributed by atoms with E-state index in [9.17, 15) is 14.7 Å². The van der Waals surface area contributed by atoms with Gasteiger partial charge in [-0.2, -0.15) is 0 Å². The van der Waals surface area contributed by atoms with Crippen LogP contribution in [0.4, 0.5) is 0 Å². The van der Waals surface area contributed by atoms with Crippen LogP contribution in [0.2, 0.25) is 0 Å². The first kappa shape index (κ1) is 18.6. The van der Waals surface area contributed by atoms with Gasteiger partial charge in [0.05, 0.1) is 31.5 Å². The predicted octanol–water partition coefficient (Wildman–Crippen LogP) is 3.91. The summed E-state index contributed by atoms with van der Waals surface area (Å²) in [6.45, 7) is 0.102. The number of Topliss-reactive ketones (excluding diaryl/α,β-unsaturated/α-hetero) is 1. The highest BCUT2D eigenvalue weighted by Gasteiger charge is 2.46. The van der Waals surface area contributed by atoms with Crippen LogP contribution in [0.3, 0.4) is 0 Å². The van der Waals surface area contributed by atoms with E-state index in [1.54, 1.807) is 67.8 Å². The first-order chi connectivity index (χ1) is 14.1. The Morgan fingerprint density at radius 2 is 1.86 bits per heavy atom. The van der Waals surface area contributed by atoms with Crippen molar-refractivity contribution in [2.45, 2.75) is 12.6 Å². The van der Waals surface area contributed by atoms with Gasteiger partial charge in [0.15, 0.2) is 0 Å². The van der Waals surface area contributed by atoms with Crippen LogP contribution in [0, 0.1) is 0 Å². The molecule has 0 radical (unpaired) electrons. The van der Waals surface area contributed by atoms with Crippen molar-refractivity contribution in [1.82, 2.24) is 4.90 Å². The Hall–Kier alpha value is -3.80. The minimum Gasteiger partial charge on any atom is -0.507 e. The molecule has 1 aromatic heterocycles. The molecular weight excluding hydrogens is 370 g/mol. The lowest BCUT2D eigenvalue weighted by Gasteiger charge is -2.24. The first-order valence-corrected chi connectivity index (χ1v) is 9.10. The zero-order valence-electron chi connectivity index (χ0n) is 15.7. The number of ketones is 1. The topological polar surface area (TPSA) is 80.0 Å². The van der Waals surface area contributed by atoms with Gasteiger partial charge in [-0.15, -0.1) is 0 Å². The van der Waals surface area contributed by atoms with Gasteiger partial charge in [0.25, 0.3) is 11.7 Å². The average molecular weight is 389 g/mol. The molecule has 1 fully saturated rings. The van der Waals surface area contributed by atoms with Crippen molar-refractivity contribution in [3.63, 3.8) is 0 Å². The van der Waals surface area contributed by atoms with E-state index in [0.717, 1.165) is 0 Å². The van der Waals surface area contributed by atoms with Crippen LogP contribution in [0.5, 0.6) is 5.75 Å². The number of rotatable bonds is 5. The van der Waals surface area contributed by atoms with Crippen molar-refractivity contribution >= 4 is 17.4 Å². The molecule has 1 atom stereocenters. The number of aliphatic hydroxyl groups is 1. The molecule has 1 N–H and O–H groups in total. The normalized spacial score (nSPS) is 18.2. The highest BCUT2D eigenvalue weighted by molar-refractivity contribution is 6.46. The largest absolute Gasteiger partial charge is 0.507 e. The number of ether oxygens (including phenoxy) is 1. The van der Waals surface area contributed by atoms with Crippen LogP contribution in [0.1, 0.15) is 22.9 Å². The molecule has 1 amide bonds. The maximum atomic E-state index is 12.9. The number of carbonyl (C=O) groups excluding carboxylic acids is 2. The second kappa shape index (κ2) is 7.67. The summed E-state index contributed by atoms with van der Waals surface area (Å²) in [5.74, 6) is -0.499. The Balaban J connectivity index is 1.88. The molecule has 1 aliphatic rings. The second-order valence-electron chi connectivity index (χ2n) is 6.65. The molecule has 2 heterocycles. The summed E-state index contributed by atoms with van der Waals surface area (Å²) in [4.78, 5) is 27.2. The number of benzene rings is 2. The quantitative estimate of drug-likeness (QED) is 0.407. The van der Waals surface area contributed by atoms with Crippen LogP contribution in [0.25, 0.3) is 5.76 Å². The molecule has 0 bridgehead atoms. The van der Waals surface area contributed by atoms with Gasteiger partial charge in [-0.3, -0.25) is 9.59 Å². The van der Waals surface area contributed by atoms with E-state index in [1.165, 1.54) is 11.2 Å². The minimum absolute atomic E-state index is 0.0426. The van der Waals surface area contributed by atoms with Crippen molar-refractivity contribution in [1.29, 1.82) is 0 Å². The second-order valence-corrected chi connectivity index (χ2v) is 6.65. The van der Waals surface area contributed by atoms with E-state index >= 15 is 0 Å². The molecule has 3 aromatic rings. The van der Waals surface area contributed by atoms with E-state index in [-0.39, 0.29) is 17.9 Å². The molecule has 6 nitrogen and oxygen atoms in total. The first-order valence-electron chi connectivity index (χ1n) is 9.10. The van der Waals surface area contributed by atoms with Gasteiger partial charge in [0.2, 0.25) is 0 Å². The average Bonchev–Trinajstić information content (AvgIpc) is 3.36. The van der Waals surface area contributed by atoms with Gasteiger partial charge in [0.1, 0.15) is 17.3 Å². The molecule has 2 aromatic carbocycles. The lowest BCUT2D eigenvalue weighted by molar-refractivity contribution is -0.140. The molecule has 1 saturated heterocycles. The molecule has 146 valence electrons. The fraction of sp³-hybridized carbons (Fsp3) is 0.130. The van der Waals surface area contributed by atoms with Crippen LogP contribution >= 0.6 is 0 Å². The number of carbonyl (C=O) groups is 2. The van der Waals surface area contributed by atoms with Gasteiger partial charge in [-0.25, -0.2) is 0 Å². The standard InChI is InChI=1S/C23H19NO5/c1-28-17-10-5-9-16(13-17)20-19(21(25)15-7-3-2-4-8-15)22(26)23(27)24(20)14-18-11-6-12-29-18/h2-13,20,25H,14H2,1H3.